The molecule has 4 aromatic rings. The molecule has 0 bridgehead atoms. The van der Waals surface area contributed by atoms with E-state index < -0.39 is 17.4 Å². The molecule has 0 saturated carbocycles. The van der Waals surface area contributed by atoms with Gasteiger partial charge in [-0.1, -0.05) is 56.3 Å². The maximum atomic E-state index is 13.3. The van der Waals surface area contributed by atoms with E-state index >= 15 is 0 Å². The van der Waals surface area contributed by atoms with E-state index in [1.54, 1.807) is 18.0 Å². The van der Waals surface area contributed by atoms with E-state index in [-0.39, 0.29) is 19.1 Å². The van der Waals surface area contributed by atoms with Crippen molar-refractivity contribution < 1.29 is 14.6 Å². The third-order valence-electron chi connectivity index (χ3n) is 5.86. The van der Waals surface area contributed by atoms with E-state index in [1.807, 2.05) is 68.4 Å². The van der Waals surface area contributed by atoms with Crippen molar-refractivity contribution in [3.05, 3.63) is 81.8 Å². The van der Waals surface area contributed by atoms with Crippen molar-refractivity contribution in [2.45, 2.75) is 39.6 Å². The third kappa shape index (κ3) is 5.58. The molecule has 0 aliphatic carbocycles. The molecule has 9 nitrogen and oxygen atoms in total. The second kappa shape index (κ2) is 11.4. The van der Waals surface area contributed by atoms with Gasteiger partial charge in [0.25, 0.3) is 5.56 Å². The van der Waals surface area contributed by atoms with E-state index in [0.717, 1.165) is 15.7 Å². The van der Waals surface area contributed by atoms with Gasteiger partial charge < -0.3 is 19.1 Å². The number of aromatic nitrogens is 4. The fourth-order valence-electron chi connectivity index (χ4n) is 4.12. The molecule has 0 unspecified atom stereocenters. The molecule has 0 spiro atoms. The molecule has 2 aromatic heterocycles. The van der Waals surface area contributed by atoms with Crippen LogP contribution in [0.3, 0.4) is 0 Å². The van der Waals surface area contributed by atoms with Crippen LogP contribution in [-0.2, 0) is 24.4 Å². The van der Waals surface area contributed by atoms with E-state index in [0.29, 0.717) is 36.6 Å². The lowest BCUT2D eigenvalue weighted by molar-refractivity contribution is 0.0901. The van der Waals surface area contributed by atoms with Gasteiger partial charge in [0.05, 0.1) is 19.5 Å². The molecule has 0 amide bonds. The average molecular weight is 493 g/mol. The minimum Gasteiger partial charge on any atom is -0.491 e. The van der Waals surface area contributed by atoms with Gasteiger partial charge in [-0.25, -0.2) is 9.78 Å². The fourth-order valence-corrected chi connectivity index (χ4v) is 4.12. The molecule has 1 N–H and O–H groups in total. The van der Waals surface area contributed by atoms with Crippen molar-refractivity contribution >= 4 is 11.2 Å². The Hall–Kier alpha value is -3.69. The molecule has 36 heavy (non-hydrogen) atoms. The Balaban J connectivity index is 1.54. The monoisotopic (exact) mass is 492 g/mol. The summed E-state index contributed by atoms with van der Waals surface area (Å²) in [5.41, 5.74) is 1.83. The Morgan fingerprint density at radius 2 is 1.64 bits per heavy atom. The van der Waals surface area contributed by atoms with Crippen LogP contribution in [0.4, 0.5) is 0 Å². The zero-order valence-electron chi connectivity index (χ0n) is 20.8. The lowest BCUT2D eigenvalue weighted by atomic mass is 10.1. The highest BCUT2D eigenvalue weighted by molar-refractivity contribution is 5.70. The zero-order valence-corrected chi connectivity index (χ0v) is 20.8. The summed E-state index contributed by atoms with van der Waals surface area (Å²) in [4.78, 5) is 30.9. The summed E-state index contributed by atoms with van der Waals surface area (Å²) in [7, 11) is 1.58. The van der Waals surface area contributed by atoms with E-state index in [4.69, 9.17) is 9.47 Å². The minimum atomic E-state index is -1.07. The number of aliphatic hydroxyl groups excluding tert-OH is 1. The van der Waals surface area contributed by atoms with Gasteiger partial charge in [-0.2, -0.15) is 0 Å². The first kappa shape index (κ1) is 25.4. The maximum absolute atomic E-state index is 13.3. The summed E-state index contributed by atoms with van der Waals surface area (Å²) in [5, 5.41) is 10.7. The highest BCUT2D eigenvalue weighted by Crippen LogP contribution is 2.22. The molecule has 1 atom stereocenters. The molecular formula is C27H32N4O5. The lowest BCUT2D eigenvalue weighted by Crippen LogP contribution is -2.44. The second-order valence-corrected chi connectivity index (χ2v) is 9.16. The van der Waals surface area contributed by atoms with Gasteiger partial charge in [-0.05, 0) is 29.2 Å². The molecule has 0 aliphatic rings. The van der Waals surface area contributed by atoms with Crippen LogP contribution in [0.5, 0.6) is 5.75 Å². The summed E-state index contributed by atoms with van der Waals surface area (Å²) in [6, 6.07) is 17.5. The SMILES string of the molecule is COCCn1cnc2c1c(=O)n(C[C@@H](O)COc1ccc(-c3ccccc3)cc1)c(=O)n2CC(C)C. The molecule has 190 valence electrons. The van der Waals surface area contributed by atoms with Crippen LogP contribution in [0.1, 0.15) is 13.8 Å². The highest BCUT2D eigenvalue weighted by atomic mass is 16.5. The first-order valence-corrected chi connectivity index (χ1v) is 12.0. The molecule has 9 heteroatoms. The Labute approximate surface area is 209 Å². The van der Waals surface area contributed by atoms with Crippen molar-refractivity contribution in [1.82, 2.24) is 18.7 Å². The Bertz CT molecular complexity index is 1400. The third-order valence-corrected chi connectivity index (χ3v) is 5.86. The Kier molecular flexibility index (Phi) is 8.02. The number of hydrogen-bond donors (Lipinski definition) is 1. The van der Waals surface area contributed by atoms with Crippen molar-refractivity contribution in [2.24, 2.45) is 5.92 Å². The summed E-state index contributed by atoms with van der Waals surface area (Å²) in [6.45, 7) is 4.94. The van der Waals surface area contributed by atoms with Crippen LogP contribution >= 0.6 is 0 Å². The zero-order chi connectivity index (χ0) is 25.7. The standard InChI is InChI=1S/C27H32N4O5/c1-19(2)15-30-25-24(29(18-28-25)13-14-35-3)26(33)31(27(30)34)16-22(32)17-36-23-11-9-21(10-12-23)20-7-5-4-6-8-20/h4-12,18-19,22,32H,13-17H2,1-3H3/t22-/m1/s1. The summed E-state index contributed by atoms with van der Waals surface area (Å²) >= 11 is 0. The first-order valence-electron chi connectivity index (χ1n) is 12.0. The molecule has 0 aliphatic heterocycles. The minimum absolute atomic E-state index is 0.0677. The quantitative estimate of drug-likeness (QED) is 0.346. The predicted octanol–water partition coefficient (Wildman–Crippen LogP) is 2.77. The molecule has 2 heterocycles. The maximum Gasteiger partial charge on any atom is 0.332 e. The van der Waals surface area contributed by atoms with Crippen LogP contribution in [0, 0.1) is 5.92 Å². The van der Waals surface area contributed by atoms with Gasteiger partial charge in [-0.3, -0.25) is 13.9 Å². The van der Waals surface area contributed by atoms with Crippen LogP contribution in [0.25, 0.3) is 22.3 Å². The number of fused-ring (bicyclic) bond motifs is 1. The number of aliphatic hydroxyl groups is 1. The van der Waals surface area contributed by atoms with Crippen LogP contribution in [0.15, 0.2) is 70.5 Å². The number of hydrogen-bond acceptors (Lipinski definition) is 6. The lowest BCUT2D eigenvalue weighted by Gasteiger charge is -2.17. The first-order chi connectivity index (χ1) is 17.4. The van der Waals surface area contributed by atoms with Crippen molar-refractivity contribution in [3.8, 4) is 16.9 Å². The molecule has 0 fully saturated rings. The van der Waals surface area contributed by atoms with Gasteiger partial charge in [0.15, 0.2) is 11.2 Å². The van der Waals surface area contributed by atoms with Gasteiger partial charge in [-0.15, -0.1) is 0 Å². The molecule has 2 aromatic carbocycles. The smallest absolute Gasteiger partial charge is 0.332 e. The van der Waals surface area contributed by atoms with Crippen molar-refractivity contribution in [1.29, 1.82) is 0 Å². The molecule has 4 rings (SSSR count). The Morgan fingerprint density at radius 1 is 0.944 bits per heavy atom. The number of ether oxygens (including phenoxy) is 2. The average Bonchev–Trinajstić information content (AvgIpc) is 3.31. The van der Waals surface area contributed by atoms with Gasteiger partial charge in [0, 0.05) is 20.2 Å². The number of imidazole rings is 1. The number of methoxy groups -OCH3 is 1. The molecular weight excluding hydrogens is 460 g/mol. The summed E-state index contributed by atoms with van der Waals surface area (Å²) in [6.07, 6.45) is 0.481. The number of nitrogens with zero attached hydrogens (tertiary/aromatic N) is 4. The predicted molar refractivity (Wildman–Crippen MR) is 138 cm³/mol. The van der Waals surface area contributed by atoms with Crippen molar-refractivity contribution in [2.75, 3.05) is 20.3 Å². The second-order valence-electron chi connectivity index (χ2n) is 9.16. The highest BCUT2D eigenvalue weighted by Gasteiger charge is 2.20. The van der Waals surface area contributed by atoms with Gasteiger partial charge in [0.1, 0.15) is 18.5 Å². The number of benzene rings is 2. The summed E-state index contributed by atoms with van der Waals surface area (Å²) in [5.74, 6) is 0.750. The largest absolute Gasteiger partial charge is 0.491 e. The van der Waals surface area contributed by atoms with Crippen LogP contribution in [-0.4, -0.2) is 50.2 Å². The Morgan fingerprint density at radius 3 is 2.31 bits per heavy atom. The molecule has 0 saturated heterocycles. The van der Waals surface area contributed by atoms with E-state index in [2.05, 4.69) is 4.98 Å². The van der Waals surface area contributed by atoms with E-state index in [1.165, 1.54) is 4.57 Å². The van der Waals surface area contributed by atoms with E-state index in [9.17, 15) is 14.7 Å². The topological polar surface area (TPSA) is 101 Å². The van der Waals surface area contributed by atoms with Gasteiger partial charge in [0.2, 0.25) is 0 Å². The molecule has 0 radical (unpaired) electrons. The van der Waals surface area contributed by atoms with Gasteiger partial charge >= 0.3 is 5.69 Å². The van der Waals surface area contributed by atoms with Crippen LogP contribution < -0.4 is 16.0 Å². The van der Waals surface area contributed by atoms with Crippen molar-refractivity contribution in [3.63, 3.8) is 0 Å². The normalized spacial score (nSPS) is 12.4. The number of rotatable bonds is 11. The fraction of sp³-hybridized carbons (Fsp3) is 0.370. The van der Waals surface area contributed by atoms with Crippen LogP contribution in [0.2, 0.25) is 0 Å². The summed E-state index contributed by atoms with van der Waals surface area (Å²) < 4.78 is 15.1.